The Labute approximate surface area is 392 Å². The second kappa shape index (κ2) is 22.3. The predicted octanol–water partition coefficient (Wildman–Crippen LogP) is 6.72. The second-order valence-electron chi connectivity index (χ2n) is 19.7. The van der Waals surface area contributed by atoms with Crippen LogP contribution in [0.3, 0.4) is 0 Å². The molecule has 2 unspecified atom stereocenters. The summed E-state index contributed by atoms with van der Waals surface area (Å²) in [6.07, 6.45) is 19.8. The number of carboxylic acid groups (broad SMARTS) is 1. The van der Waals surface area contributed by atoms with Crippen molar-refractivity contribution in [3.05, 3.63) is 24.3 Å². The molecule has 364 valence electrons. The monoisotopic (exact) mass is 937 g/mol. The van der Waals surface area contributed by atoms with Crippen LogP contribution in [0.5, 0.6) is 0 Å². The number of thioether (sulfide) groups is 1. The number of fused-ring (bicyclic) bond motifs is 4. The maximum atomic E-state index is 12.5. The number of aliphatic imine (C=N–C) groups is 2. The molecule has 2 aromatic heterocycles. The van der Waals surface area contributed by atoms with Gasteiger partial charge in [0, 0.05) is 30.3 Å². The molecule has 4 heterocycles. The SMILES string of the molecule is C[C@H]1CCC2C(C[C@@H](O)[C@]3(C)[C@@H](C4=CC(=O)OC4)CC[C@]23O)[C@@]1(C)CCCOC(=O)NCCCCCN=CCCCC=N[C@@H](CCSC[C@@H]1CC[C@H](n2cnc3c(N)ncnc32)O1)C(=O)O. The van der Waals surface area contributed by atoms with Gasteiger partial charge in [0.2, 0.25) is 0 Å². The van der Waals surface area contributed by atoms with E-state index in [9.17, 15) is 29.7 Å². The standard InChI is InChI=1S/C48H72N8O9S/c1-31-11-13-35-36(26-38(57)47(3)34(15-18-48(35,47)62)32-25-40(58)64-27-32)46(31,2)17-10-23-63-45(61)52-22-9-5-7-20-50-19-6-4-8-21-51-37(44(59)60)16-24-66-28-33-12-14-39(65-33)56-30-55-41-42(49)53-29-54-43(41)56/h19,21,25,29-31,33-39,57,62H,4-18,20,22-24,26-28H2,1-3H3,(H,52,61)(H,59,60)(H2,49,53,54)/t31-,33-,34+,35?,36?,37-,38+,39+,46-,47-,48-/m0/s1. The number of rotatable bonds is 23. The van der Waals surface area contributed by atoms with Crippen LogP contribution in [0.15, 0.2) is 34.3 Å². The lowest BCUT2D eigenvalue weighted by Gasteiger charge is -2.63. The molecular formula is C48H72N8O9S. The molecule has 0 bridgehead atoms. The van der Waals surface area contributed by atoms with Crippen LogP contribution in [0.2, 0.25) is 0 Å². The summed E-state index contributed by atoms with van der Waals surface area (Å²) in [5.41, 5.74) is 6.18. The van der Waals surface area contributed by atoms with Gasteiger partial charge in [-0.3, -0.25) is 14.6 Å². The van der Waals surface area contributed by atoms with E-state index in [1.54, 1.807) is 30.4 Å². The average molecular weight is 937 g/mol. The number of nitrogens with one attached hydrogen (secondary N) is 1. The van der Waals surface area contributed by atoms with Crippen LogP contribution in [-0.2, 0) is 23.8 Å². The number of hydrogen-bond donors (Lipinski definition) is 5. The van der Waals surface area contributed by atoms with Gasteiger partial charge in [-0.25, -0.2) is 29.3 Å². The molecule has 1 saturated heterocycles. The number of aromatic nitrogens is 4. The molecule has 66 heavy (non-hydrogen) atoms. The summed E-state index contributed by atoms with van der Waals surface area (Å²) in [4.78, 5) is 57.7. The number of unbranched alkanes of at least 4 members (excludes halogenated alkanes) is 4. The Bertz CT molecular complexity index is 2080. The molecule has 11 atom stereocenters. The van der Waals surface area contributed by atoms with Gasteiger partial charge in [0.05, 0.1) is 30.7 Å². The number of nitrogen functional groups attached to an aromatic ring is 1. The fraction of sp³-hybridized carbons (Fsp3) is 0.750. The van der Waals surface area contributed by atoms with Gasteiger partial charge in [0.25, 0.3) is 0 Å². The van der Waals surface area contributed by atoms with E-state index < -0.39 is 35.2 Å². The largest absolute Gasteiger partial charge is 0.480 e. The van der Waals surface area contributed by atoms with Crippen molar-refractivity contribution in [3.63, 3.8) is 0 Å². The van der Waals surface area contributed by atoms with Gasteiger partial charge in [0.1, 0.15) is 30.7 Å². The summed E-state index contributed by atoms with van der Waals surface area (Å²) < 4.78 is 18.9. The van der Waals surface area contributed by atoms with E-state index in [-0.39, 0.29) is 48.1 Å². The number of carbonyl (C=O) groups is 3. The van der Waals surface area contributed by atoms with Gasteiger partial charge in [-0.15, -0.1) is 0 Å². The van der Waals surface area contributed by atoms with Gasteiger partial charge in [-0.2, -0.15) is 11.8 Å². The first-order chi connectivity index (χ1) is 31.8. The molecule has 3 aliphatic carbocycles. The van der Waals surface area contributed by atoms with Crippen LogP contribution < -0.4 is 11.1 Å². The number of ether oxygens (including phenoxy) is 3. The van der Waals surface area contributed by atoms with Gasteiger partial charge in [-0.1, -0.05) is 20.8 Å². The van der Waals surface area contributed by atoms with Crippen LogP contribution in [-0.4, -0.2) is 127 Å². The first kappa shape index (κ1) is 49.8. The Balaban J connectivity index is 0.699. The van der Waals surface area contributed by atoms with E-state index in [0.717, 1.165) is 88.5 Å². The van der Waals surface area contributed by atoms with Crippen molar-refractivity contribution in [1.29, 1.82) is 0 Å². The van der Waals surface area contributed by atoms with Crippen molar-refractivity contribution < 1.29 is 43.9 Å². The number of nitrogens with two attached hydrogens (primary N) is 1. The molecule has 5 aliphatic rings. The molecular weight excluding hydrogens is 865 g/mol. The molecule has 18 heteroatoms. The van der Waals surface area contributed by atoms with Crippen molar-refractivity contribution in [3.8, 4) is 0 Å². The number of nitrogens with zero attached hydrogens (tertiary/aromatic N) is 6. The van der Waals surface area contributed by atoms with Gasteiger partial charge in [-0.05, 0) is 156 Å². The van der Waals surface area contributed by atoms with Crippen molar-refractivity contribution >= 4 is 59.2 Å². The predicted molar refractivity (Wildman–Crippen MR) is 253 cm³/mol. The third kappa shape index (κ3) is 10.9. The number of alkyl carbamates (subject to hydrolysis) is 1. The highest BCUT2D eigenvalue weighted by Gasteiger charge is 2.70. The minimum atomic E-state index is -1.02. The maximum Gasteiger partial charge on any atom is 0.407 e. The summed E-state index contributed by atoms with van der Waals surface area (Å²) in [5.74, 6) is 1.08. The average Bonchev–Trinajstić information content (AvgIpc) is 4.10. The molecule has 7 rings (SSSR count). The van der Waals surface area contributed by atoms with Crippen molar-refractivity contribution in [1.82, 2.24) is 24.8 Å². The van der Waals surface area contributed by atoms with Gasteiger partial charge >= 0.3 is 18.0 Å². The summed E-state index contributed by atoms with van der Waals surface area (Å²) >= 11 is 1.68. The van der Waals surface area contributed by atoms with Crippen molar-refractivity contribution in [2.24, 2.45) is 44.5 Å². The highest BCUT2D eigenvalue weighted by Crippen LogP contribution is 2.69. The lowest BCUT2D eigenvalue weighted by Crippen LogP contribution is -2.66. The van der Waals surface area contributed by atoms with Crippen LogP contribution >= 0.6 is 11.8 Å². The molecule has 6 N–H and O–H groups in total. The fourth-order valence-electron chi connectivity index (χ4n) is 12.0. The van der Waals surface area contributed by atoms with E-state index in [1.807, 2.05) is 17.7 Å². The third-order valence-electron chi connectivity index (χ3n) is 16.1. The lowest BCUT2D eigenvalue weighted by atomic mass is 9.44. The number of carboxylic acids is 1. The van der Waals surface area contributed by atoms with Crippen LogP contribution in [0.25, 0.3) is 11.2 Å². The van der Waals surface area contributed by atoms with E-state index in [1.165, 1.54) is 6.33 Å². The van der Waals surface area contributed by atoms with Crippen molar-refractivity contribution in [2.75, 3.05) is 43.5 Å². The van der Waals surface area contributed by atoms with Gasteiger partial charge in [0.15, 0.2) is 11.5 Å². The van der Waals surface area contributed by atoms with E-state index in [0.29, 0.717) is 73.9 Å². The smallest absolute Gasteiger partial charge is 0.407 e. The summed E-state index contributed by atoms with van der Waals surface area (Å²) in [6.45, 7) is 8.44. The quantitative estimate of drug-likeness (QED) is 0.0442. The minimum Gasteiger partial charge on any atom is -0.480 e. The highest BCUT2D eigenvalue weighted by molar-refractivity contribution is 7.99. The van der Waals surface area contributed by atoms with Crippen molar-refractivity contribution in [2.45, 2.75) is 154 Å². The van der Waals surface area contributed by atoms with E-state index >= 15 is 0 Å². The molecule has 0 aromatic carbocycles. The van der Waals surface area contributed by atoms with Crippen LogP contribution in [0.1, 0.15) is 130 Å². The molecule has 0 spiro atoms. The summed E-state index contributed by atoms with van der Waals surface area (Å²) in [7, 11) is 0. The normalized spacial score (nSPS) is 32.4. The zero-order valence-corrected chi connectivity index (χ0v) is 39.8. The number of aliphatic hydroxyl groups excluding tert-OH is 1. The number of esters is 1. The number of cyclic esters (lactones) is 1. The number of imidazole rings is 1. The topological polar surface area (TPSA) is 246 Å². The Hall–Kier alpha value is -4.13. The number of carbonyl (C=O) groups excluding carboxylic acids is 2. The zero-order chi connectivity index (χ0) is 46.9. The maximum absolute atomic E-state index is 12.5. The molecule has 4 fully saturated rings. The van der Waals surface area contributed by atoms with Crippen LogP contribution in [0, 0.1) is 34.5 Å². The summed E-state index contributed by atoms with van der Waals surface area (Å²) in [6, 6.07) is -0.759. The van der Waals surface area contributed by atoms with E-state index in [2.05, 4.69) is 44.1 Å². The molecule has 17 nitrogen and oxygen atoms in total. The second-order valence-corrected chi connectivity index (χ2v) is 20.9. The highest BCUT2D eigenvalue weighted by atomic mass is 32.2. The number of aliphatic hydroxyl groups is 2. The minimum absolute atomic E-state index is 0.0618. The zero-order valence-electron chi connectivity index (χ0n) is 39.0. The molecule has 1 amide bonds. The van der Waals surface area contributed by atoms with Gasteiger partial charge < -0.3 is 40.6 Å². The Kier molecular flexibility index (Phi) is 16.8. The fourth-order valence-corrected chi connectivity index (χ4v) is 13.1. The van der Waals surface area contributed by atoms with Crippen LogP contribution in [0.4, 0.5) is 10.6 Å². The Morgan fingerprint density at radius 2 is 1.91 bits per heavy atom. The Morgan fingerprint density at radius 1 is 1.08 bits per heavy atom. The summed E-state index contributed by atoms with van der Waals surface area (Å²) in [5, 5.41) is 36.9. The molecule has 2 aromatic rings. The Morgan fingerprint density at radius 3 is 2.71 bits per heavy atom. The third-order valence-corrected chi connectivity index (χ3v) is 17.2. The molecule has 2 aliphatic heterocycles. The number of anilines is 1. The number of amides is 1. The first-order valence-electron chi connectivity index (χ1n) is 24.3. The number of hydrogen-bond acceptors (Lipinski definition) is 15. The molecule has 0 radical (unpaired) electrons. The molecule has 3 saturated carbocycles. The lowest BCUT2D eigenvalue weighted by molar-refractivity contribution is -0.238. The number of aliphatic carboxylic acids is 1. The van der Waals surface area contributed by atoms with E-state index in [4.69, 9.17) is 19.9 Å². The first-order valence-corrected chi connectivity index (χ1v) is 25.5.